The van der Waals surface area contributed by atoms with Gasteiger partial charge >= 0.3 is 5.97 Å². The summed E-state index contributed by atoms with van der Waals surface area (Å²) in [7, 11) is 1.32. The number of benzene rings is 1. The summed E-state index contributed by atoms with van der Waals surface area (Å²) < 4.78 is 4.72. The van der Waals surface area contributed by atoms with Crippen molar-refractivity contribution in [1.82, 2.24) is 0 Å². The van der Waals surface area contributed by atoms with Crippen LogP contribution in [0.1, 0.15) is 18.4 Å². The highest BCUT2D eigenvalue weighted by atomic mass is 16.5. The van der Waals surface area contributed by atoms with Crippen molar-refractivity contribution in [3.63, 3.8) is 0 Å². The molecule has 20 heavy (non-hydrogen) atoms. The molecule has 1 aliphatic heterocycles. The van der Waals surface area contributed by atoms with Gasteiger partial charge in [-0.3, -0.25) is 9.59 Å². The van der Waals surface area contributed by atoms with Crippen LogP contribution in [0.2, 0.25) is 0 Å². The first kappa shape index (κ1) is 14.3. The van der Waals surface area contributed by atoms with Crippen LogP contribution in [0.15, 0.2) is 36.9 Å². The summed E-state index contributed by atoms with van der Waals surface area (Å²) >= 11 is 0. The Morgan fingerprint density at radius 1 is 1.50 bits per heavy atom. The number of rotatable bonds is 4. The number of nitrogens with zero attached hydrogens (tertiary/aromatic N) is 1. The Bertz CT molecular complexity index is 524. The summed E-state index contributed by atoms with van der Waals surface area (Å²) in [6.45, 7) is 4.38. The van der Waals surface area contributed by atoms with E-state index in [1.54, 1.807) is 4.90 Å². The molecule has 1 saturated heterocycles. The minimum atomic E-state index is -0.675. The van der Waals surface area contributed by atoms with Gasteiger partial charge in [-0.1, -0.05) is 24.3 Å². The first-order valence-corrected chi connectivity index (χ1v) is 6.77. The molecule has 2 rings (SSSR count). The van der Waals surface area contributed by atoms with Crippen molar-refractivity contribution in [2.75, 3.05) is 18.6 Å². The van der Waals surface area contributed by atoms with Gasteiger partial charge in [0.05, 0.1) is 7.11 Å². The van der Waals surface area contributed by atoms with Crippen LogP contribution in [-0.2, 0) is 20.7 Å². The zero-order valence-electron chi connectivity index (χ0n) is 11.7. The first-order chi connectivity index (χ1) is 9.69. The number of amides is 1. The summed E-state index contributed by atoms with van der Waals surface area (Å²) in [5.74, 6) is -1.29. The molecule has 1 heterocycles. The van der Waals surface area contributed by atoms with Gasteiger partial charge in [0, 0.05) is 12.2 Å². The minimum absolute atomic E-state index is 0.167. The maximum atomic E-state index is 12.5. The number of piperidine rings is 1. The number of para-hydroxylation sites is 1. The second-order valence-electron chi connectivity index (χ2n) is 4.83. The lowest BCUT2D eigenvalue weighted by Crippen LogP contribution is -2.45. The highest BCUT2D eigenvalue weighted by Crippen LogP contribution is 2.28. The van der Waals surface area contributed by atoms with Gasteiger partial charge in [-0.25, -0.2) is 0 Å². The van der Waals surface area contributed by atoms with Crippen molar-refractivity contribution in [1.29, 1.82) is 0 Å². The molecule has 1 amide bonds. The van der Waals surface area contributed by atoms with Crippen LogP contribution in [0.3, 0.4) is 0 Å². The summed E-state index contributed by atoms with van der Waals surface area (Å²) in [6, 6.07) is 7.73. The minimum Gasteiger partial charge on any atom is -0.468 e. The second-order valence-corrected chi connectivity index (χ2v) is 4.83. The summed E-state index contributed by atoms with van der Waals surface area (Å²) in [6.07, 6.45) is 3.87. The molecule has 1 fully saturated rings. The molecule has 0 spiro atoms. The van der Waals surface area contributed by atoms with Crippen molar-refractivity contribution in [3.05, 3.63) is 42.5 Å². The van der Waals surface area contributed by atoms with Crippen molar-refractivity contribution in [3.8, 4) is 0 Å². The first-order valence-electron chi connectivity index (χ1n) is 6.77. The van der Waals surface area contributed by atoms with Crippen LogP contribution >= 0.6 is 0 Å². The molecular weight excluding hydrogens is 254 g/mol. The fourth-order valence-corrected chi connectivity index (χ4v) is 2.58. The van der Waals surface area contributed by atoms with Gasteiger partial charge in [0.25, 0.3) is 0 Å². The van der Waals surface area contributed by atoms with Gasteiger partial charge in [-0.05, 0) is 30.9 Å². The van der Waals surface area contributed by atoms with E-state index in [-0.39, 0.29) is 5.91 Å². The third kappa shape index (κ3) is 2.74. The van der Waals surface area contributed by atoms with Crippen molar-refractivity contribution < 1.29 is 14.3 Å². The topological polar surface area (TPSA) is 46.6 Å². The third-order valence-corrected chi connectivity index (χ3v) is 3.57. The Morgan fingerprint density at radius 3 is 2.95 bits per heavy atom. The van der Waals surface area contributed by atoms with Gasteiger partial charge in [0.2, 0.25) is 5.91 Å². The number of carbonyl (C=O) groups is 2. The molecule has 0 N–H and O–H groups in total. The van der Waals surface area contributed by atoms with E-state index in [0.29, 0.717) is 19.4 Å². The SMILES string of the molecule is C=CCc1ccccc1N1CCCC(C(=O)OC)C1=O. The molecule has 4 heteroatoms. The lowest BCUT2D eigenvalue weighted by atomic mass is 9.95. The molecule has 1 aliphatic rings. The van der Waals surface area contributed by atoms with Gasteiger partial charge in [0.15, 0.2) is 0 Å². The summed E-state index contributed by atoms with van der Waals surface area (Å²) in [4.78, 5) is 25.9. The maximum Gasteiger partial charge on any atom is 0.318 e. The molecule has 4 nitrogen and oxygen atoms in total. The van der Waals surface area contributed by atoms with Gasteiger partial charge in [-0.2, -0.15) is 0 Å². The predicted octanol–water partition coefficient (Wildman–Crippen LogP) is 2.33. The molecule has 1 aromatic carbocycles. The van der Waals surface area contributed by atoms with Crippen LogP contribution < -0.4 is 4.90 Å². The van der Waals surface area contributed by atoms with E-state index in [2.05, 4.69) is 6.58 Å². The fourth-order valence-electron chi connectivity index (χ4n) is 2.58. The Morgan fingerprint density at radius 2 is 2.25 bits per heavy atom. The third-order valence-electron chi connectivity index (χ3n) is 3.57. The summed E-state index contributed by atoms with van der Waals surface area (Å²) in [5, 5.41) is 0. The number of hydrogen-bond acceptors (Lipinski definition) is 3. The van der Waals surface area contributed by atoms with Crippen LogP contribution in [0.25, 0.3) is 0 Å². The van der Waals surface area contributed by atoms with E-state index in [4.69, 9.17) is 4.74 Å². The van der Waals surface area contributed by atoms with E-state index < -0.39 is 11.9 Å². The van der Waals surface area contributed by atoms with Crippen molar-refractivity contribution in [2.45, 2.75) is 19.3 Å². The standard InChI is InChI=1S/C16H19NO3/c1-3-7-12-8-4-5-10-14(12)17-11-6-9-13(15(17)18)16(19)20-2/h3-5,8,10,13H,1,6-7,9,11H2,2H3. The van der Waals surface area contributed by atoms with E-state index in [1.165, 1.54) is 7.11 Å². The van der Waals surface area contributed by atoms with Crippen molar-refractivity contribution >= 4 is 17.6 Å². The monoisotopic (exact) mass is 273 g/mol. The van der Waals surface area contributed by atoms with E-state index in [9.17, 15) is 9.59 Å². The van der Waals surface area contributed by atoms with Crippen LogP contribution in [0.4, 0.5) is 5.69 Å². The van der Waals surface area contributed by atoms with Gasteiger partial charge in [0.1, 0.15) is 5.92 Å². The molecule has 1 atom stereocenters. The fraction of sp³-hybridized carbons (Fsp3) is 0.375. The number of methoxy groups -OCH3 is 1. The number of carbonyl (C=O) groups excluding carboxylic acids is 2. The Labute approximate surface area is 119 Å². The molecule has 0 aromatic heterocycles. The zero-order chi connectivity index (χ0) is 14.5. The molecular formula is C16H19NO3. The lowest BCUT2D eigenvalue weighted by Gasteiger charge is -2.32. The highest BCUT2D eigenvalue weighted by molar-refractivity contribution is 6.07. The molecule has 0 aliphatic carbocycles. The Hall–Kier alpha value is -2.10. The number of hydrogen-bond donors (Lipinski definition) is 0. The van der Waals surface area contributed by atoms with E-state index in [0.717, 1.165) is 17.7 Å². The summed E-state index contributed by atoms with van der Waals surface area (Å²) in [5.41, 5.74) is 1.91. The van der Waals surface area contributed by atoms with E-state index >= 15 is 0 Å². The van der Waals surface area contributed by atoms with Crippen molar-refractivity contribution in [2.24, 2.45) is 5.92 Å². The normalized spacial score (nSPS) is 18.8. The zero-order valence-corrected chi connectivity index (χ0v) is 11.7. The molecule has 1 unspecified atom stereocenters. The average Bonchev–Trinajstić information content (AvgIpc) is 2.48. The number of anilines is 1. The molecule has 1 aromatic rings. The van der Waals surface area contributed by atoms with Crippen LogP contribution in [-0.4, -0.2) is 25.5 Å². The predicted molar refractivity (Wildman–Crippen MR) is 77.4 cm³/mol. The molecule has 106 valence electrons. The van der Waals surface area contributed by atoms with Crippen LogP contribution in [0.5, 0.6) is 0 Å². The van der Waals surface area contributed by atoms with E-state index in [1.807, 2.05) is 30.3 Å². The van der Waals surface area contributed by atoms with Gasteiger partial charge < -0.3 is 9.64 Å². The van der Waals surface area contributed by atoms with Gasteiger partial charge in [-0.15, -0.1) is 6.58 Å². The number of esters is 1. The highest BCUT2D eigenvalue weighted by Gasteiger charge is 2.36. The molecule has 0 saturated carbocycles. The molecule has 0 radical (unpaired) electrons. The maximum absolute atomic E-state index is 12.5. The Balaban J connectivity index is 2.30. The largest absolute Gasteiger partial charge is 0.468 e. The Kier molecular flexibility index (Phi) is 4.56. The lowest BCUT2D eigenvalue weighted by molar-refractivity contribution is -0.150. The average molecular weight is 273 g/mol. The second kappa shape index (κ2) is 6.37. The molecule has 0 bridgehead atoms. The number of ether oxygens (including phenoxy) is 1. The van der Waals surface area contributed by atoms with Crippen LogP contribution in [0, 0.1) is 5.92 Å². The quantitative estimate of drug-likeness (QED) is 0.480. The smallest absolute Gasteiger partial charge is 0.318 e. The number of allylic oxidation sites excluding steroid dienone is 1.